The van der Waals surface area contributed by atoms with Crippen molar-refractivity contribution in [2.45, 2.75) is 13.0 Å². The molecule has 2 heterocycles. The van der Waals surface area contributed by atoms with E-state index in [9.17, 15) is 0 Å². The summed E-state index contributed by atoms with van der Waals surface area (Å²) in [7, 11) is 0. The van der Waals surface area contributed by atoms with E-state index in [1.807, 2.05) is 65.5 Å². The lowest BCUT2D eigenvalue weighted by Gasteiger charge is -2.11. The molecule has 0 aliphatic rings. The van der Waals surface area contributed by atoms with Crippen LogP contribution in [0.3, 0.4) is 0 Å². The summed E-state index contributed by atoms with van der Waals surface area (Å²) in [6, 6.07) is 30.8. The van der Waals surface area contributed by atoms with Crippen LogP contribution in [0.5, 0.6) is 0 Å². The normalized spacial score (nSPS) is 11.0. The van der Waals surface area contributed by atoms with E-state index in [1.165, 1.54) is 0 Å². The molecule has 6 heteroatoms. The SMILES string of the molecule is S=c1[nH]nc(CCn2cnc(-c3ccccc3)c2-c2ccccc2)n1-c1ccccc1. The van der Waals surface area contributed by atoms with Gasteiger partial charge in [0.25, 0.3) is 0 Å². The van der Waals surface area contributed by atoms with Gasteiger partial charge in [0.2, 0.25) is 0 Å². The van der Waals surface area contributed by atoms with E-state index < -0.39 is 0 Å². The average Bonchev–Trinajstić information content (AvgIpc) is 3.42. The Balaban J connectivity index is 1.52. The fourth-order valence-electron chi connectivity index (χ4n) is 3.82. The second kappa shape index (κ2) is 8.53. The first-order valence-electron chi connectivity index (χ1n) is 10.2. The Kier molecular flexibility index (Phi) is 5.29. The van der Waals surface area contributed by atoms with Gasteiger partial charge < -0.3 is 4.57 Å². The number of para-hydroxylation sites is 1. The quantitative estimate of drug-likeness (QED) is 0.356. The zero-order valence-electron chi connectivity index (χ0n) is 16.8. The Hall–Kier alpha value is -3.77. The van der Waals surface area contributed by atoms with E-state index in [-0.39, 0.29) is 0 Å². The summed E-state index contributed by atoms with van der Waals surface area (Å²) >= 11 is 5.48. The smallest absolute Gasteiger partial charge is 0.199 e. The molecular weight excluding hydrogens is 402 g/mol. The van der Waals surface area contributed by atoms with Crippen LogP contribution in [0, 0.1) is 4.77 Å². The molecular formula is C25H21N5S. The molecule has 0 saturated heterocycles. The highest BCUT2D eigenvalue weighted by molar-refractivity contribution is 7.71. The van der Waals surface area contributed by atoms with Crippen molar-refractivity contribution < 1.29 is 0 Å². The van der Waals surface area contributed by atoms with Crippen molar-refractivity contribution in [3.05, 3.63) is 108 Å². The molecule has 0 saturated carbocycles. The first kappa shape index (κ1) is 19.2. The van der Waals surface area contributed by atoms with Gasteiger partial charge in [-0.05, 0) is 24.4 Å². The summed E-state index contributed by atoms with van der Waals surface area (Å²) < 4.78 is 4.79. The first-order chi connectivity index (χ1) is 15.3. The van der Waals surface area contributed by atoms with Gasteiger partial charge in [0, 0.05) is 29.8 Å². The summed E-state index contributed by atoms with van der Waals surface area (Å²) in [5, 5.41) is 7.43. The number of aryl methyl sites for hydroxylation is 2. The molecule has 31 heavy (non-hydrogen) atoms. The van der Waals surface area contributed by atoms with Gasteiger partial charge in [0.1, 0.15) is 5.82 Å². The highest BCUT2D eigenvalue weighted by Crippen LogP contribution is 2.31. The number of nitrogens with zero attached hydrogens (tertiary/aromatic N) is 4. The standard InChI is InChI=1S/C25H21N5S/c31-25-28-27-22(30(25)21-14-8-3-9-15-21)16-17-29-18-26-23(19-10-4-1-5-11-19)24(29)20-12-6-2-7-13-20/h1-15,18H,16-17H2,(H,28,31). The lowest BCUT2D eigenvalue weighted by Crippen LogP contribution is -2.08. The van der Waals surface area contributed by atoms with E-state index in [0.717, 1.165) is 40.6 Å². The van der Waals surface area contributed by atoms with Crippen LogP contribution in [0.25, 0.3) is 28.2 Å². The van der Waals surface area contributed by atoms with Crippen LogP contribution in [0.4, 0.5) is 0 Å². The Bertz CT molecular complexity index is 1340. The predicted molar refractivity (Wildman–Crippen MR) is 126 cm³/mol. The molecule has 0 fully saturated rings. The lowest BCUT2D eigenvalue weighted by atomic mass is 10.0. The Morgan fingerprint density at radius 1 is 0.774 bits per heavy atom. The van der Waals surface area contributed by atoms with Crippen molar-refractivity contribution in [1.29, 1.82) is 0 Å². The van der Waals surface area contributed by atoms with E-state index in [1.54, 1.807) is 0 Å². The fraction of sp³-hybridized carbons (Fsp3) is 0.0800. The zero-order chi connectivity index (χ0) is 21.0. The number of nitrogens with one attached hydrogen (secondary N) is 1. The van der Waals surface area contributed by atoms with Crippen LogP contribution in [0.2, 0.25) is 0 Å². The second-order valence-electron chi connectivity index (χ2n) is 7.23. The third kappa shape index (κ3) is 3.85. The molecule has 5 nitrogen and oxygen atoms in total. The molecule has 0 spiro atoms. The highest BCUT2D eigenvalue weighted by atomic mass is 32.1. The first-order valence-corrected chi connectivity index (χ1v) is 10.6. The van der Waals surface area contributed by atoms with Crippen LogP contribution < -0.4 is 0 Å². The van der Waals surface area contributed by atoms with Crippen LogP contribution in [0.1, 0.15) is 5.82 Å². The maximum absolute atomic E-state index is 5.48. The summed E-state index contributed by atoms with van der Waals surface area (Å²) in [6.45, 7) is 0.733. The summed E-state index contributed by atoms with van der Waals surface area (Å²) in [5.74, 6) is 0.894. The van der Waals surface area contributed by atoms with Crippen molar-refractivity contribution in [3.63, 3.8) is 0 Å². The minimum Gasteiger partial charge on any atom is -0.330 e. The molecule has 3 aromatic carbocycles. The van der Waals surface area contributed by atoms with Crippen LogP contribution in [-0.2, 0) is 13.0 Å². The van der Waals surface area contributed by atoms with Crippen LogP contribution in [-0.4, -0.2) is 24.3 Å². The highest BCUT2D eigenvalue weighted by Gasteiger charge is 2.16. The van der Waals surface area contributed by atoms with E-state index in [4.69, 9.17) is 17.2 Å². The molecule has 0 radical (unpaired) electrons. The monoisotopic (exact) mass is 423 g/mol. The number of aromatic amines is 1. The molecule has 0 aliphatic carbocycles. The summed E-state index contributed by atoms with van der Waals surface area (Å²) in [6.07, 6.45) is 2.63. The summed E-state index contributed by atoms with van der Waals surface area (Å²) in [5.41, 5.74) is 5.34. The van der Waals surface area contributed by atoms with Gasteiger partial charge in [0.15, 0.2) is 4.77 Å². The molecule has 1 N–H and O–H groups in total. The third-order valence-electron chi connectivity index (χ3n) is 5.26. The minimum atomic E-state index is 0.597. The second-order valence-corrected chi connectivity index (χ2v) is 7.62. The van der Waals surface area contributed by atoms with E-state index in [2.05, 4.69) is 51.2 Å². The van der Waals surface area contributed by atoms with E-state index >= 15 is 0 Å². The number of aromatic nitrogens is 5. The largest absolute Gasteiger partial charge is 0.330 e. The molecule has 0 atom stereocenters. The molecule has 2 aromatic heterocycles. The third-order valence-corrected chi connectivity index (χ3v) is 5.54. The van der Waals surface area contributed by atoms with Gasteiger partial charge in [-0.15, -0.1) is 0 Å². The minimum absolute atomic E-state index is 0.597. The van der Waals surface area contributed by atoms with Crippen molar-refractivity contribution >= 4 is 12.2 Å². The van der Waals surface area contributed by atoms with Crippen molar-refractivity contribution in [3.8, 4) is 28.2 Å². The number of H-pyrrole nitrogens is 1. The van der Waals surface area contributed by atoms with Crippen LogP contribution >= 0.6 is 12.2 Å². The maximum Gasteiger partial charge on any atom is 0.199 e. The molecule has 152 valence electrons. The molecule has 0 amide bonds. The van der Waals surface area contributed by atoms with E-state index in [0.29, 0.717) is 11.2 Å². The van der Waals surface area contributed by atoms with Crippen molar-refractivity contribution in [2.75, 3.05) is 0 Å². The lowest BCUT2D eigenvalue weighted by molar-refractivity contribution is 0.666. The molecule has 5 aromatic rings. The van der Waals surface area contributed by atoms with Gasteiger partial charge >= 0.3 is 0 Å². The fourth-order valence-corrected chi connectivity index (χ4v) is 4.08. The van der Waals surface area contributed by atoms with Gasteiger partial charge in [-0.25, -0.2) is 4.98 Å². The number of benzene rings is 3. The number of rotatable bonds is 6. The van der Waals surface area contributed by atoms with Crippen molar-refractivity contribution in [2.24, 2.45) is 0 Å². The van der Waals surface area contributed by atoms with Gasteiger partial charge in [0.05, 0.1) is 17.7 Å². The molecule has 0 bridgehead atoms. The van der Waals surface area contributed by atoms with Gasteiger partial charge in [-0.1, -0.05) is 78.9 Å². The Morgan fingerprint density at radius 3 is 2.06 bits per heavy atom. The van der Waals surface area contributed by atoms with Gasteiger partial charge in [-0.2, -0.15) is 5.10 Å². The molecule has 5 rings (SSSR count). The van der Waals surface area contributed by atoms with Crippen LogP contribution in [0.15, 0.2) is 97.3 Å². The average molecular weight is 424 g/mol. The molecule has 0 unspecified atom stereocenters. The maximum atomic E-state index is 5.48. The van der Waals surface area contributed by atoms with Gasteiger partial charge in [-0.3, -0.25) is 9.67 Å². The number of hydrogen-bond acceptors (Lipinski definition) is 3. The number of hydrogen-bond donors (Lipinski definition) is 1. The Labute approximate surface area is 185 Å². The summed E-state index contributed by atoms with van der Waals surface area (Å²) in [4.78, 5) is 4.77. The topological polar surface area (TPSA) is 51.4 Å². The number of imidazole rings is 1. The zero-order valence-corrected chi connectivity index (χ0v) is 17.7. The Morgan fingerprint density at radius 2 is 1.39 bits per heavy atom. The molecule has 0 aliphatic heterocycles. The predicted octanol–water partition coefficient (Wildman–Crippen LogP) is 5.70. The van der Waals surface area contributed by atoms with Crippen molar-refractivity contribution in [1.82, 2.24) is 24.3 Å².